The maximum Gasteiger partial charge on any atom is 0.240 e. The highest BCUT2D eigenvalue weighted by molar-refractivity contribution is 7.90. The zero-order chi connectivity index (χ0) is 15.4. The minimum absolute atomic E-state index is 0.0157. The van der Waals surface area contributed by atoms with Crippen LogP contribution in [0.25, 0.3) is 0 Å². The van der Waals surface area contributed by atoms with Crippen molar-refractivity contribution < 1.29 is 21.9 Å². The topological polar surface area (TPSA) is 101 Å². The van der Waals surface area contributed by atoms with Crippen LogP contribution in [-0.2, 0) is 19.9 Å². The Morgan fingerprint density at radius 3 is 2.05 bits per heavy atom. The summed E-state index contributed by atoms with van der Waals surface area (Å²) in [6.45, 7) is 1.86. The van der Waals surface area contributed by atoms with E-state index < -0.39 is 26.0 Å². The number of benzene rings is 1. The van der Waals surface area contributed by atoms with Gasteiger partial charge in [-0.1, -0.05) is 0 Å². The lowest BCUT2D eigenvalue weighted by molar-refractivity contribution is 0.182. The molecule has 0 amide bonds. The van der Waals surface area contributed by atoms with Gasteiger partial charge in [0, 0.05) is 12.8 Å². The van der Waals surface area contributed by atoms with E-state index in [-0.39, 0.29) is 16.3 Å². The Kier molecular flexibility index (Phi) is 5.69. The van der Waals surface area contributed by atoms with Gasteiger partial charge in [0.2, 0.25) is 10.0 Å². The fourth-order valence-corrected chi connectivity index (χ4v) is 3.26. The highest BCUT2D eigenvalue weighted by Gasteiger charge is 2.15. The van der Waals surface area contributed by atoms with E-state index >= 15 is 0 Å². The van der Waals surface area contributed by atoms with Gasteiger partial charge in [0.15, 0.2) is 9.84 Å². The molecule has 0 aliphatic heterocycles. The van der Waals surface area contributed by atoms with Crippen molar-refractivity contribution in [2.24, 2.45) is 0 Å². The second-order valence-corrected chi connectivity index (χ2v) is 8.42. The molecule has 0 saturated heterocycles. The van der Waals surface area contributed by atoms with Crippen molar-refractivity contribution in [2.45, 2.75) is 35.7 Å². The fourth-order valence-electron chi connectivity index (χ4n) is 1.55. The molecule has 6 nitrogen and oxygen atoms in total. The molecule has 8 heteroatoms. The molecule has 0 aliphatic carbocycles. The Bertz CT molecular complexity index is 633. The molecule has 114 valence electrons. The molecular weight excluding hydrogens is 302 g/mol. The van der Waals surface area contributed by atoms with Gasteiger partial charge < -0.3 is 5.11 Å². The predicted molar refractivity (Wildman–Crippen MR) is 75.7 cm³/mol. The average molecular weight is 321 g/mol. The Balaban J connectivity index is 2.73. The number of hydrogen-bond acceptors (Lipinski definition) is 5. The number of aliphatic hydroxyl groups excluding tert-OH is 1. The molecule has 2 N–H and O–H groups in total. The van der Waals surface area contributed by atoms with Gasteiger partial charge >= 0.3 is 0 Å². The van der Waals surface area contributed by atoms with Gasteiger partial charge in [-0.2, -0.15) is 0 Å². The van der Waals surface area contributed by atoms with Crippen molar-refractivity contribution in [3.8, 4) is 0 Å². The van der Waals surface area contributed by atoms with Crippen LogP contribution in [0.3, 0.4) is 0 Å². The summed E-state index contributed by atoms with van der Waals surface area (Å²) < 4.78 is 48.8. The van der Waals surface area contributed by atoms with Crippen LogP contribution in [0.15, 0.2) is 34.1 Å². The fraction of sp³-hybridized carbons (Fsp3) is 0.500. The van der Waals surface area contributed by atoms with Crippen LogP contribution < -0.4 is 4.72 Å². The number of nitrogens with one attached hydrogen (secondary N) is 1. The van der Waals surface area contributed by atoms with E-state index in [4.69, 9.17) is 5.11 Å². The van der Waals surface area contributed by atoms with Crippen molar-refractivity contribution in [3.63, 3.8) is 0 Å². The monoisotopic (exact) mass is 321 g/mol. The highest BCUT2D eigenvalue weighted by Crippen LogP contribution is 2.14. The second-order valence-electron chi connectivity index (χ2n) is 4.63. The van der Waals surface area contributed by atoms with E-state index in [1.54, 1.807) is 6.92 Å². The summed E-state index contributed by atoms with van der Waals surface area (Å²) in [5, 5.41) is 9.07. The van der Waals surface area contributed by atoms with Crippen molar-refractivity contribution in [2.75, 3.05) is 12.8 Å². The molecule has 1 rings (SSSR count). The average Bonchev–Trinajstić information content (AvgIpc) is 2.34. The molecule has 0 aliphatic rings. The number of rotatable bonds is 7. The van der Waals surface area contributed by atoms with E-state index in [1.807, 2.05) is 0 Å². The third kappa shape index (κ3) is 5.20. The van der Waals surface area contributed by atoms with E-state index in [1.165, 1.54) is 24.3 Å². The molecule has 0 bridgehead atoms. The molecule has 0 heterocycles. The largest absolute Gasteiger partial charge is 0.393 e. The summed E-state index contributed by atoms with van der Waals surface area (Å²) in [4.78, 5) is 0.0903. The first kappa shape index (κ1) is 17.1. The lowest BCUT2D eigenvalue weighted by atomic mass is 10.2. The van der Waals surface area contributed by atoms with Crippen LogP contribution in [0.2, 0.25) is 0 Å². The summed E-state index contributed by atoms with van der Waals surface area (Å²) in [6, 6.07) is 5.04. The zero-order valence-electron chi connectivity index (χ0n) is 11.4. The van der Waals surface area contributed by atoms with Crippen LogP contribution >= 0.6 is 0 Å². The Morgan fingerprint density at radius 2 is 1.60 bits per heavy atom. The Labute approximate surface area is 119 Å². The first-order valence-electron chi connectivity index (χ1n) is 6.11. The van der Waals surface area contributed by atoms with E-state index in [0.717, 1.165) is 6.26 Å². The van der Waals surface area contributed by atoms with Crippen LogP contribution in [0.1, 0.15) is 19.8 Å². The molecule has 0 spiro atoms. The molecule has 0 aromatic heterocycles. The molecule has 0 fully saturated rings. The predicted octanol–water partition coefficient (Wildman–Crippen LogP) is 0.529. The molecule has 0 saturated carbocycles. The van der Waals surface area contributed by atoms with Gasteiger partial charge in [-0.3, -0.25) is 0 Å². The van der Waals surface area contributed by atoms with Crippen LogP contribution in [0.4, 0.5) is 0 Å². The van der Waals surface area contributed by atoms with Gasteiger partial charge in [0.1, 0.15) is 0 Å². The third-order valence-electron chi connectivity index (χ3n) is 2.65. The van der Waals surface area contributed by atoms with Crippen molar-refractivity contribution >= 4 is 19.9 Å². The third-order valence-corrected chi connectivity index (χ3v) is 5.26. The van der Waals surface area contributed by atoms with Crippen LogP contribution in [0.5, 0.6) is 0 Å². The smallest absolute Gasteiger partial charge is 0.240 e. The molecule has 20 heavy (non-hydrogen) atoms. The SMILES string of the molecule is CC(O)CCCNS(=O)(=O)c1ccc(S(C)(=O)=O)cc1. The lowest BCUT2D eigenvalue weighted by Crippen LogP contribution is -2.25. The maximum absolute atomic E-state index is 11.9. The lowest BCUT2D eigenvalue weighted by Gasteiger charge is -2.08. The van der Waals surface area contributed by atoms with E-state index in [9.17, 15) is 16.8 Å². The van der Waals surface area contributed by atoms with E-state index in [2.05, 4.69) is 4.72 Å². The van der Waals surface area contributed by atoms with E-state index in [0.29, 0.717) is 12.8 Å². The molecule has 1 aromatic carbocycles. The number of sulfonamides is 1. The number of sulfone groups is 1. The minimum Gasteiger partial charge on any atom is -0.393 e. The summed E-state index contributed by atoms with van der Waals surface area (Å²) in [6.07, 6.45) is 1.63. The zero-order valence-corrected chi connectivity index (χ0v) is 13.0. The van der Waals surface area contributed by atoms with Gasteiger partial charge in [-0.15, -0.1) is 0 Å². The maximum atomic E-state index is 11.9. The number of hydrogen-bond donors (Lipinski definition) is 2. The first-order valence-corrected chi connectivity index (χ1v) is 9.48. The van der Waals surface area contributed by atoms with Crippen molar-refractivity contribution in [1.82, 2.24) is 4.72 Å². The van der Waals surface area contributed by atoms with Crippen molar-refractivity contribution in [3.05, 3.63) is 24.3 Å². The van der Waals surface area contributed by atoms with Crippen molar-refractivity contribution in [1.29, 1.82) is 0 Å². The van der Waals surface area contributed by atoms with Gasteiger partial charge in [-0.05, 0) is 44.0 Å². The summed E-state index contributed by atoms with van der Waals surface area (Å²) in [7, 11) is -6.99. The van der Waals surface area contributed by atoms with Gasteiger partial charge in [0.05, 0.1) is 15.9 Å². The van der Waals surface area contributed by atoms with Gasteiger partial charge in [-0.25, -0.2) is 21.6 Å². The standard InChI is InChI=1S/C12H19NO5S2/c1-10(14)4-3-9-13-20(17,18)12-7-5-11(6-8-12)19(2,15)16/h5-8,10,13-14H,3-4,9H2,1-2H3. The molecular formula is C12H19NO5S2. The van der Waals surface area contributed by atoms with Gasteiger partial charge in [0.25, 0.3) is 0 Å². The Morgan fingerprint density at radius 1 is 1.10 bits per heavy atom. The molecule has 1 unspecified atom stereocenters. The molecule has 1 atom stereocenters. The number of aliphatic hydroxyl groups is 1. The van der Waals surface area contributed by atoms with Crippen LogP contribution in [-0.4, -0.2) is 40.8 Å². The highest BCUT2D eigenvalue weighted by atomic mass is 32.2. The summed E-state index contributed by atoms with van der Waals surface area (Å²) >= 11 is 0. The second kappa shape index (κ2) is 6.66. The molecule has 0 radical (unpaired) electrons. The quantitative estimate of drug-likeness (QED) is 0.714. The summed E-state index contributed by atoms with van der Waals surface area (Å²) in [5.74, 6) is 0. The van der Waals surface area contributed by atoms with Crippen LogP contribution in [0, 0.1) is 0 Å². The minimum atomic E-state index is -3.65. The summed E-state index contributed by atoms with van der Waals surface area (Å²) in [5.41, 5.74) is 0. The molecule has 1 aromatic rings. The first-order chi connectivity index (χ1) is 9.13. The Hall–Kier alpha value is -0.960. The normalized spacial score (nSPS) is 14.2.